The van der Waals surface area contributed by atoms with Crippen LogP contribution in [-0.4, -0.2) is 43.3 Å². The van der Waals surface area contributed by atoms with Crippen molar-refractivity contribution in [2.24, 2.45) is 0 Å². The van der Waals surface area contributed by atoms with Crippen molar-refractivity contribution < 1.29 is 9.53 Å². The Bertz CT molecular complexity index is 209. The molecule has 1 aliphatic heterocycles. The standard InChI is InChI=1S/C11H22N2O2/c1-4-5-6-10-11(14)13(8-12-10)9(2)7-15-3/h9-10,12H,4-8H2,1-3H3. The van der Waals surface area contributed by atoms with E-state index in [-0.39, 0.29) is 18.0 Å². The number of hydrogen-bond donors (Lipinski definition) is 1. The zero-order valence-corrected chi connectivity index (χ0v) is 9.95. The predicted molar refractivity (Wildman–Crippen MR) is 59.5 cm³/mol. The summed E-state index contributed by atoms with van der Waals surface area (Å²) in [6.07, 6.45) is 3.19. The van der Waals surface area contributed by atoms with Crippen molar-refractivity contribution in [3.8, 4) is 0 Å². The summed E-state index contributed by atoms with van der Waals surface area (Å²) in [7, 11) is 1.67. The molecule has 1 fully saturated rings. The fourth-order valence-corrected chi connectivity index (χ4v) is 1.91. The number of nitrogens with zero attached hydrogens (tertiary/aromatic N) is 1. The first-order valence-corrected chi connectivity index (χ1v) is 5.73. The summed E-state index contributed by atoms with van der Waals surface area (Å²) in [5.74, 6) is 0.230. The molecule has 0 aliphatic carbocycles. The number of ether oxygens (including phenoxy) is 1. The summed E-state index contributed by atoms with van der Waals surface area (Å²) in [4.78, 5) is 13.8. The maximum atomic E-state index is 11.9. The van der Waals surface area contributed by atoms with Gasteiger partial charge < -0.3 is 9.64 Å². The fourth-order valence-electron chi connectivity index (χ4n) is 1.91. The first-order chi connectivity index (χ1) is 7.20. The number of unbranched alkanes of at least 4 members (excludes halogenated alkanes) is 1. The summed E-state index contributed by atoms with van der Waals surface area (Å²) in [6, 6.07) is 0.200. The van der Waals surface area contributed by atoms with E-state index in [2.05, 4.69) is 12.2 Å². The van der Waals surface area contributed by atoms with Crippen LogP contribution in [0.5, 0.6) is 0 Å². The molecule has 15 heavy (non-hydrogen) atoms. The van der Waals surface area contributed by atoms with Gasteiger partial charge in [0.25, 0.3) is 0 Å². The first-order valence-electron chi connectivity index (χ1n) is 5.73. The van der Waals surface area contributed by atoms with Gasteiger partial charge in [-0.05, 0) is 13.3 Å². The van der Waals surface area contributed by atoms with Crippen LogP contribution >= 0.6 is 0 Å². The van der Waals surface area contributed by atoms with E-state index in [0.29, 0.717) is 13.3 Å². The number of amides is 1. The molecule has 0 aromatic heterocycles. The minimum absolute atomic E-state index is 0.0317. The van der Waals surface area contributed by atoms with E-state index >= 15 is 0 Å². The normalized spacial score (nSPS) is 23.5. The van der Waals surface area contributed by atoms with Gasteiger partial charge in [0.15, 0.2) is 0 Å². The van der Waals surface area contributed by atoms with Gasteiger partial charge in [0, 0.05) is 7.11 Å². The van der Waals surface area contributed by atoms with E-state index in [1.807, 2.05) is 11.8 Å². The van der Waals surface area contributed by atoms with Gasteiger partial charge in [-0.2, -0.15) is 0 Å². The third kappa shape index (κ3) is 3.18. The van der Waals surface area contributed by atoms with E-state index in [9.17, 15) is 4.79 Å². The van der Waals surface area contributed by atoms with Crippen LogP contribution < -0.4 is 5.32 Å². The highest BCUT2D eigenvalue weighted by molar-refractivity contribution is 5.84. The van der Waals surface area contributed by atoms with Gasteiger partial charge in [-0.15, -0.1) is 0 Å². The van der Waals surface area contributed by atoms with Crippen LogP contribution in [0.2, 0.25) is 0 Å². The summed E-state index contributed by atoms with van der Waals surface area (Å²) in [6.45, 7) is 5.43. The monoisotopic (exact) mass is 214 g/mol. The third-order valence-electron chi connectivity index (χ3n) is 2.88. The van der Waals surface area contributed by atoms with Crippen molar-refractivity contribution in [2.75, 3.05) is 20.4 Å². The molecule has 0 bridgehead atoms. The molecule has 1 N–H and O–H groups in total. The Balaban J connectivity index is 2.41. The van der Waals surface area contributed by atoms with Crippen LogP contribution in [0.3, 0.4) is 0 Å². The maximum Gasteiger partial charge on any atom is 0.241 e. The molecule has 88 valence electrons. The van der Waals surface area contributed by atoms with Crippen LogP contribution in [0.1, 0.15) is 33.1 Å². The minimum Gasteiger partial charge on any atom is -0.383 e. The highest BCUT2D eigenvalue weighted by Crippen LogP contribution is 2.13. The zero-order valence-electron chi connectivity index (χ0n) is 9.95. The van der Waals surface area contributed by atoms with Crippen LogP contribution in [0.25, 0.3) is 0 Å². The number of hydrogen-bond acceptors (Lipinski definition) is 3. The molecule has 0 spiro atoms. The zero-order chi connectivity index (χ0) is 11.3. The van der Waals surface area contributed by atoms with Crippen molar-refractivity contribution in [2.45, 2.75) is 45.2 Å². The Labute approximate surface area is 92.0 Å². The predicted octanol–water partition coefficient (Wildman–Crippen LogP) is 0.969. The number of carbonyl (C=O) groups is 1. The molecule has 1 rings (SSSR count). The lowest BCUT2D eigenvalue weighted by Gasteiger charge is -2.22. The lowest BCUT2D eigenvalue weighted by molar-refractivity contribution is -0.131. The SMILES string of the molecule is CCCCC1NCN(C(C)COC)C1=O. The van der Waals surface area contributed by atoms with Gasteiger partial charge in [-0.25, -0.2) is 0 Å². The average molecular weight is 214 g/mol. The minimum atomic E-state index is 0.0317. The maximum absolute atomic E-state index is 11.9. The molecule has 1 heterocycles. The fraction of sp³-hybridized carbons (Fsp3) is 0.909. The Morgan fingerprint density at radius 1 is 1.67 bits per heavy atom. The van der Waals surface area contributed by atoms with E-state index in [1.54, 1.807) is 7.11 Å². The summed E-state index contributed by atoms with van der Waals surface area (Å²) >= 11 is 0. The highest BCUT2D eigenvalue weighted by Gasteiger charge is 2.32. The van der Waals surface area contributed by atoms with Gasteiger partial charge in [-0.3, -0.25) is 10.1 Å². The van der Waals surface area contributed by atoms with Crippen molar-refractivity contribution >= 4 is 5.91 Å². The molecular weight excluding hydrogens is 192 g/mol. The molecule has 4 heteroatoms. The molecule has 0 radical (unpaired) electrons. The Kier molecular flexibility index (Phi) is 5.05. The molecule has 1 amide bonds. The van der Waals surface area contributed by atoms with Crippen LogP contribution in [0, 0.1) is 0 Å². The second-order valence-electron chi connectivity index (χ2n) is 4.17. The van der Waals surface area contributed by atoms with Gasteiger partial charge >= 0.3 is 0 Å². The second kappa shape index (κ2) is 6.08. The van der Waals surface area contributed by atoms with Crippen LogP contribution in [-0.2, 0) is 9.53 Å². The smallest absolute Gasteiger partial charge is 0.241 e. The summed E-state index contributed by atoms with van der Waals surface area (Å²) in [5, 5.41) is 3.25. The number of nitrogens with one attached hydrogen (secondary N) is 1. The molecule has 0 aromatic rings. The molecule has 4 nitrogen and oxygen atoms in total. The molecule has 2 unspecified atom stereocenters. The Morgan fingerprint density at radius 2 is 2.40 bits per heavy atom. The quantitative estimate of drug-likeness (QED) is 0.716. The third-order valence-corrected chi connectivity index (χ3v) is 2.88. The van der Waals surface area contributed by atoms with Crippen molar-refractivity contribution in [1.29, 1.82) is 0 Å². The largest absolute Gasteiger partial charge is 0.383 e. The van der Waals surface area contributed by atoms with Crippen LogP contribution in [0.15, 0.2) is 0 Å². The van der Waals surface area contributed by atoms with Crippen molar-refractivity contribution in [1.82, 2.24) is 10.2 Å². The number of methoxy groups -OCH3 is 1. The Hall–Kier alpha value is -0.610. The molecule has 2 atom stereocenters. The molecular formula is C11H22N2O2. The summed E-state index contributed by atoms with van der Waals surface area (Å²) in [5.41, 5.74) is 0. The van der Waals surface area contributed by atoms with Gasteiger partial charge in [0.2, 0.25) is 5.91 Å². The van der Waals surface area contributed by atoms with Gasteiger partial charge in [0.05, 0.1) is 25.4 Å². The summed E-state index contributed by atoms with van der Waals surface area (Å²) < 4.78 is 5.06. The molecule has 0 aromatic carbocycles. The molecule has 1 saturated heterocycles. The highest BCUT2D eigenvalue weighted by atomic mass is 16.5. The first kappa shape index (κ1) is 12.5. The van der Waals surface area contributed by atoms with E-state index in [1.165, 1.54) is 0 Å². The number of carbonyl (C=O) groups excluding carboxylic acids is 1. The van der Waals surface area contributed by atoms with Gasteiger partial charge in [-0.1, -0.05) is 19.8 Å². The van der Waals surface area contributed by atoms with Crippen molar-refractivity contribution in [3.63, 3.8) is 0 Å². The topological polar surface area (TPSA) is 41.6 Å². The number of rotatable bonds is 6. The van der Waals surface area contributed by atoms with Gasteiger partial charge in [0.1, 0.15) is 0 Å². The Morgan fingerprint density at radius 3 is 3.00 bits per heavy atom. The molecule has 1 aliphatic rings. The second-order valence-corrected chi connectivity index (χ2v) is 4.17. The molecule has 0 saturated carbocycles. The van der Waals surface area contributed by atoms with Crippen molar-refractivity contribution in [3.05, 3.63) is 0 Å². The average Bonchev–Trinajstić information content (AvgIpc) is 2.57. The lowest BCUT2D eigenvalue weighted by Crippen LogP contribution is -2.39. The lowest BCUT2D eigenvalue weighted by atomic mass is 10.1. The van der Waals surface area contributed by atoms with E-state index in [0.717, 1.165) is 19.3 Å². The van der Waals surface area contributed by atoms with E-state index < -0.39 is 0 Å². The van der Waals surface area contributed by atoms with Crippen LogP contribution in [0.4, 0.5) is 0 Å². The van der Waals surface area contributed by atoms with E-state index in [4.69, 9.17) is 4.74 Å².